The molecule has 0 radical (unpaired) electrons. The summed E-state index contributed by atoms with van der Waals surface area (Å²) >= 11 is 1.68. The fourth-order valence-electron chi connectivity index (χ4n) is 2.39. The Morgan fingerprint density at radius 1 is 1.12 bits per heavy atom. The van der Waals surface area contributed by atoms with E-state index in [-0.39, 0.29) is 11.4 Å². The highest BCUT2D eigenvalue weighted by molar-refractivity contribution is 7.21. The van der Waals surface area contributed by atoms with Crippen molar-refractivity contribution in [3.8, 4) is 10.6 Å². The van der Waals surface area contributed by atoms with Gasteiger partial charge in [-0.1, -0.05) is 32.9 Å². The van der Waals surface area contributed by atoms with E-state index in [1.807, 2.05) is 30.3 Å². The van der Waals surface area contributed by atoms with Crippen LogP contribution in [0.2, 0.25) is 0 Å². The summed E-state index contributed by atoms with van der Waals surface area (Å²) in [5.74, 6) is 0. The number of aryl methyl sites for hydroxylation is 1. The minimum Gasteiger partial charge on any atom is -0.315 e. The number of allylic oxidation sites excluding steroid dienone is 1. The van der Waals surface area contributed by atoms with Crippen molar-refractivity contribution in [2.75, 3.05) is 5.32 Å². The van der Waals surface area contributed by atoms with Gasteiger partial charge in [-0.3, -0.25) is 0 Å². The predicted molar refractivity (Wildman–Crippen MR) is 111 cm³/mol. The van der Waals surface area contributed by atoms with Crippen LogP contribution in [0.1, 0.15) is 26.3 Å². The molecule has 1 aromatic heterocycles. The maximum atomic E-state index is 11.9. The van der Waals surface area contributed by atoms with Crippen molar-refractivity contribution >= 4 is 33.3 Å². The highest BCUT2D eigenvalue weighted by Crippen LogP contribution is 2.31. The molecule has 3 aromatic rings. The van der Waals surface area contributed by atoms with Gasteiger partial charge >= 0.3 is 6.03 Å². The molecule has 4 nitrogen and oxygen atoms in total. The van der Waals surface area contributed by atoms with E-state index >= 15 is 0 Å². The summed E-state index contributed by atoms with van der Waals surface area (Å²) < 4.78 is 1.19. The third-order valence-electron chi connectivity index (χ3n) is 3.73. The van der Waals surface area contributed by atoms with Gasteiger partial charge in [-0.25, -0.2) is 9.78 Å². The first-order valence-corrected chi connectivity index (χ1v) is 9.35. The molecule has 134 valence electrons. The Morgan fingerprint density at radius 3 is 2.54 bits per heavy atom. The third-order valence-corrected chi connectivity index (χ3v) is 4.80. The second-order valence-corrected chi connectivity index (χ2v) is 8.40. The number of fused-ring (bicyclic) bond motifs is 1. The molecule has 1 heterocycles. The number of anilines is 1. The largest absolute Gasteiger partial charge is 0.323 e. The third kappa shape index (κ3) is 4.70. The van der Waals surface area contributed by atoms with Crippen LogP contribution in [-0.2, 0) is 0 Å². The van der Waals surface area contributed by atoms with Gasteiger partial charge in [0.2, 0.25) is 0 Å². The average Bonchev–Trinajstić information content (AvgIpc) is 2.97. The number of rotatable bonds is 3. The molecule has 3 rings (SSSR count). The zero-order valence-electron chi connectivity index (χ0n) is 15.5. The van der Waals surface area contributed by atoms with Gasteiger partial charge in [-0.05, 0) is 54.3 Å². The fourth-order valence-corrected chi connectivity index (χ4v) is 3.46. The van der Waals surface area contributed by atoms with E-state index in [9.17, 15) is 4.79 Å². The van der Waals surface area contributed by atoms with Crippen molar-refractivity contribution in [3.63, 3.8) is 0 Å². The lowest BCUT2D eigenvalue weighted by atomic mass is 9.97. The molecule has 0 bridgehead atoms. The SMILES string of the molecule is Cc1ccc2nc(-c3ccc(NC(=O)N/C=C/C(C)(C)C)cc3)sc2c1. The molecule has 0 saturated carbocycles. The van der Waals surface area contributed by atoms with Crippen molar-refractivity contribution in [2.24, 2.45) is 5.41 Å². The van der Waals surface area contributed by atoms with Crippen molar-refractivity contribution in [1.82, 2.24) is 10.3 Å². The minimum atomic E-state index is -0.256. The number of carbonyl (C=O) groups is 1. The Balaban J connectivity index is 1.67. The molecule has 0 fully saturated rings. The van der Waals surface area contributed by atoms with Crippen LogP contribution in [0.4, 0.5) is 10.5 Å². The predicted octanol–water partition coefficient (Wildman–Crippen LogP) is 5.95. The molecule has 0 spiro atoms. The van der Waals surface area contributed by atoms with Crippen LogP contribution in [0, 0.1) is 12.3 Å². The summed E-state index contributed by atoms with van der Waals surface area (Å²) in [5, 5.41) is 6.52. The van der Waals surface area contributed by atoms with E-state index < -0.39 is 0 Å². The Labute approximate surface area is 158 Å². The van der Waals surface area contributed by atoms with E-state index in [2.05, 4.69) is 61.5 Å². The Hall–Kier alpha value is -2.66. The van der Waals surface area contributed by atoms with Gasteiger partial charge in [-0.15, -0.1) is 11.3 Å². The first kappa shape index (κ1) is 18.1. The molecule has 0 unspecified atom stereocenters. The number of benzene rings is 2. The van der Waals surface area contributed by atoms with Crippen LogP contribution < -0.4 is 10.6 Å². The zero-order chi connectivity index (χ0) is 18.7. The molecule has 0 aliphatic rings. The molecule has 5 heteroatoms. The van der Waals surface area contributed by atoms with E-state index in [1.165, 1.54) is 10.3 Å². The second kappa shape index (κ2) is 7.30. The molecule has 2 N–H and O–H groups in total. The summed E-state index contributed by atoms with van der Waals surface area (Å²) in [6.45, 7) is 8.31. The molecular formula is C21H23N3OS. The quantitative estimate of drug-likeness (QED) is 0.602. The van der Waals surface area contributed by atoms with Crippen LogP contribution in [0.15, 0.2) is 54.7 Å². The highest BCUT2D eigenvalue weighted by Gasteiger charge is 2.08. The van der Waals surface area contributed by atoms with Crippen LogP contribution in [0.3, 0.4) is 0 Å². The van der Waals surface area contributed by atoms with Crippen LogP contribution >= 0.6 is 11.3 Å². The van der Waals surface area contributed by atoms with E-state index in [4.69, 9.17) is 0 Å². The number of amides is 2. The van der Waals surface area contributed by atoms with Crippen molar-refractivity contribution < 1.29 is 4.79 Å². The maximum absolute atomic E-state index is 11.9. The number of nitrogens with one attached hydrogen (secondary N) is 2. The summed E-state index contributed by atoms with van der Waals surface area (Å²) in [5.41, 5.74) is 4.07. The van der Waals surface area contributed by atoms with Gasteiger partial charge in [-0.2, -0.15) is 0 Å². The minimum absolute atomic E-state index is 0.0325. The summed E-state index contributed by atoms with van der Waals surface area (Å²) in [4.78, 5) is 16.6. The molecule has 0 atom stereocenters. The number of hydrogen-bond donors (Lipinski definition) is 2. The van der Waals surface area contributed by atoms with Crippen LogP contribution in [0.5, 0.6) is 0 Å². The average molecular weight is 366 g/mol. The monoisotopic (exact) mass is 365 g/mol. The summed E-state index contributed by atoms with van der Waals surface area (Å²) in [7, 11) is 0. The van der Waals surface area contributed by atoms with Gasteiger partial charge in [0.25, 0.3) is 0 Å². The van der Waals surface area contributed by atoms with Gasteiger partial charge in [0.15, 0.2) is 0 Å². The lowest BCUT2D eigenvalue weighted by Crippen LogP contribution is -2.24. The zero-order valence-corrected chi connectivity index (χ0v) is 16.3. The number of aromatic nitrogens is 1. The number of urea groups is 1. The summed E-state index contributed by atoms with van der Waals surface area (Å²) in [6.07, 6.45) is 3.62. The number of hydrogen-bond acceptors (Lipinski definition) is 3. The molecule has 0 aliphatic carbocycles. The first-order valence-electron chi connectivity index (χ1n) is 8.53. The van der Waals surface area contributed by atoms with E-state index in [0.29, 0.717) is 0 Å². The van der Waals surface area contributed by atoms with Crippen LogP contribution in [-0.4, -0.2) is 11.0 Å². The van der Waals surface area contributed by atoms with Crippen molar-refractivity contribution in [1.29, 1.82) is 0 Å². The van der Waals surface area contributed by atoms with Gasteiger partial charge in [0.05, 0.1) is 10.2 Å². The Bertz CT molecular complexity index is 950. The lowest BCUT2D eigenvalue weighted by Gasteiger charge is -2.11. The van der Waals surface area contributed by atoms with Crippen molar-refractivity contribution in [2.45, 2.75) is 27.7 Å². The van der Waals surface area contributed by atoms with Crippen LogP contribution in [0.25, 0.3) is 20.8 Å². The Kier molecular flexibility index (Phi) is 5.09. The number of thiazole rings is 1. The van der Waals surface area contributed by atoms with E-state index in [0.717, 1.165) is 21.8 Å². The fraction of sp³-hybridized carbons (Fsp3) is 0.238. The van der Waals surface area contributed by atoms with Gasteiger partial charge < -0.3 is 10.6 Å². The molecular weight excluding hydrogens is 342 g/mol. The Morgan fingerprint density at radius 2 is 1.85 bits per heavy atom. The molecule has 0 aliphatic heterocycles. The number of carbonyl (C=O) groups excluding carboxylic acids is 1. The number of nitrogens with zero attached hydrogens (tertiary/aromatic N) is 1. The molecule has 0 saturated heterocycles. The molecule has 26 heavy (non-hydrogen) atoms. The lowest BCUT2D eigenvalue weighted by molar-refractivity contribution is 0.255. The highest BCUT2D eigenvalue weighted by atomic mass is 32.1. The normalized spacial score (nSPS) is 11.8. The maximum Gasteiger partial charge on any atom is 0.323 e. The standard InChI is InChI=1S/C21H23N3OS/c1-14-5-10-17-18(13-14)26-19(24-17)15-6-8-16(9-7-15)23-20(25)22-12-11-21(2,3)4/h5-13H,1-4H3,(H2,22,23,25)/b12-11+. The van der Waals surface area contributed by atoms with Gasteiger partial charge in [0, 0.05) is 17.5 Å². The first-order chi connectivity index (χ1) is 12.3. The van der Waals surface area contributed by atoms with Crippen molar-refractivity contribution in [3.05, 3.63) is 60.3 Å². The topological polar surface area (TPSA) is 54.0 Å². The molecule has 2 aromatic carbocycles. The summed E-state index contributed by atoms with van der Waals surface area (Å²) in [6, 6.07) is 13.8. The van der Waals surface area contributed by atoms with E-state index in [1.54, 1.807) is 17.5 Å². The smallest absolute Gasteiger partial charge is 0.315 e. The van der Waals surface area contributed by atoms with Gasteiger partial charge in [0.1, 0.15) is 5.01 Å². The second-order valence-electron chi connectivity index (χ2n) is 7.37. The molecule has 2 amide bonds.